The Morgan fingerprint density at radius 1 is 1.42 bits per heavy atom. The van der Waals surface area contributed by atoms with Crippen LogP contribution in [0.2, 0.25) is 5.02 Å². The second kappa shape index (κ2) is 4.55. The van der Waals surface area contributed by atoms with Crippen molar-refractivity contribution in [3.63, 3.8) is 0 Å². The van der Waals surface area contributed by atoms with Gasteiger partial charge in [0.05, 0.1) is 0 Å². The van der Waals surface area contributed by atoms with Gasteiger partial charge in [-0.1, -0.05) is 23.7 Å². The Labute approximate surface area is 113 Å². The second-order valence-corrected chi connectivity index (χ2v) is 4.79. The summed E-state index contributed by atoms with van der Waals surface area (Å²) in [6, 6.07) is 5.67. The SMILES string of the molecule is O=C(c1n[nH]c(=O)[nH]1)N1CCc2c(Cl)cccc2C1. The van der Waals surface area contributed by atoms with E-state index in [1.165, 1.54) is 0 Å². The maximum atomic E-state index is 12.1. The van der Waals surface area contributed by atoms with Gasteiger partial charge in [-0.05, 0) is 23.6 Å². The maximum absolute atomic E-state index is 12.1. The van der Waals surface area contributed by atoms with Gasteiger partial charge in [0, 0.05) is 18.1 Å². The number of carbonyl (C=O) groups excluding carboxylic acids is 1. The number of benzene rings is 1. The zero-order chi connectivity index (χ0) is 13.4. The first-order chi connectivity index (χ1) is 9.15. The number of carbonyl (C=O) groups is 1. The maximum Gasteiger partial charge on any atom is 0.341 e. The zero-order valence-electron chi connectivity index (χ0n) is 9.94. The number of halogens is 1. The molecule has 98 valence electrons. The Morgan fingerprint density at radius 2 is 2.26 bits per heavy atom. The average molecular weight is 279 g/mol. The third-order valence-electron chi connectivity index (χ3n) is 3.20. The molecule has 1 aromatic heterocycles. The summed E-state index contributed by atoms with van der Waals surface area (Å²) in [6.07, 6.45) is 0.704. The van der Waals surface area contributed by atoms with Crippen molar-refractivity contribution < 1.29 is 4.79 Å². The largest absolute Gasteiger partial charge is 0.341 e. The van der Waals surface area contributed by atoms with Gasteiger partial charge in [-0.15, -0.1) is 5.10 Å². The van der Waals surface area contributed by atoms with Crippen LogP contribution >= 0.6 is 11.6 Å². The lowest BCUT2D eigenvalue weighted by molar-refractivity contribution is 0.0722. The Morgan fingerprint density at radius 3 is 3.00 bits per heavy atom. The van der Waals surface area contributed by atoms with Gasteiger partial charge in [0.2, 0.25) is 5.82 Å². The molecule has 1 amide bonds. The number of H-pyrrole nitrogens is 2. The molecule has 7 heteroatoms. The number of aromatic amines is 2. The fourth-order valence-electron chi connectivity index (χ4n) is 2.26. The molecular formula is C12H11ClN4O2. The molecule has 0 spiro atoms. The van der Waals surface area contributed by atoms with Crippen LogP contribution in [0.5, 0.6) is 0 Å². The van der Waals surface area contributed by atoms with Crippen LogP contribution in [0.15, 0.2) is 23.0 Å². The first-order valence-corrected chi connectivity index (χ1v) is 6.23. The third-order valence-corrected chi connectivity index (χ3v) is 3.55. The second-order valence-electron chi connectivity index (χ2n) is 4.38. The lowest BCUT2D eigenvalue weighted by Gasteiger charge is -2.28. The minimum atomic E-state index is -0.483. The Kier molecular flexibility index (Phi) is 2.87. The lowest BCUT2D eigenvalue weighted by atomic mass is 10.00. The molecule has 2 N–H and O–H groups in total. The van der Waals surface area contributed by atoms with E-state index in [2.05, 4.69) is 15.2 Å². The molecular weight excluding hydrogens is 268 g/mol. The number of fused-ring (bicyclic) bond motifs is 1. The molecule has 0 saturated heterocycles. The number of rotatable bonds is 1. The van der Waals surface area contributed by atoms with Gasteiger partial charge in [-0.2, -0.15) is 0 Å². The number of amides is 1. The van der Waals surface area contributed by atoms with E-state index >= 15 is 0 Å². The highest BCUT2D eigenvalue weighted by molar-refractivity contribution is 6.31. The third kappa shape index (κ3) is 2.15. The molecule has 0 aliphatic carbocycles. The predicted octanol–water partition coefficient (Wildman–Crippen LogP) is 0.950. The molecule has 1 aliphatic heterocycles. The lowest BCUT2D eigenvalue weighted by Crippen LogP contribution is -2.36. The van der Waals surface area contributed by atoms with E-state index in [1.54, 1.807) is 4.90 Å². The molecule has 0 saturated carbocycles. The molecule has 1 aliphatic rings. The number of hydrogen-bond acceptors (Lipinski definition) is 3. The summed E-state index contributed by atoms with van der Waals surface area (Å²) in [7, 11) is 0. The van der Waals surface area contributed by atoms with Crippen LogP contribution in [0.4, 0.5) is 0 Å². The molecule has 0 bridgehead atoms. The van der Waals surface area contributed by atoms with Crippen molar-refractivity contribution in [1.82, 2.24) is 20.1 Å². The van der Waals surface area contributed by atoms with Gasteiger partial charge in [0.25, 0.3) is 5.91 Å². The van der Waals surface area contributed by atoms with Crippen LogP contribution in [0.3, 0.4) is 0 Å². The molecule has 1 aromatic carbocycles. The van der Waals surface area contributed by atoms with Crippen molar-refractivity contribution in [2.45, 2.75) is 13.0 Å². The van der Waals surface area contributed by atoms with Crippen LogP contribution in [-0.4, -0.2) is 32.5 Å². The molecule has 0 radical (unpaired) electrons. The topological polar surface area (TPSA) is 81.8 Å². The van der Waals surface area contributed by atoms with E-state index in [-0.39, 0.29) is 11.7 Å². The molecule has 0 unspecified atom stereocenters. The fraction of sp³-hybridized carbons (Fsp3) is 0.250. The molecule has 19 heavy (non-hydrogen) atoms. The number of hydrogen-bond donors (Lipinski definition) is 2. The van der Waals surface area contributed by atoms with Crippen LogP contribution in [0.1, 0.15) is 21.7 Å². The van der Waals surface area contributed by atoms with Crippen molar-refractivity contribution >= 4 is 17.5 Å². The summed E-state index contributed by atoms with van der Waals surface area (Å²) in [6.45, 7) is 1.04. The average Bonchev–Trinajstić information content (AvgIpc) is 2.84. The number of nitrogens with zero attached hydrogens (tertiary/aromatic N) is 2. The Bertz CT molecular complexity index is 691. The van der Waals surface area contributed by atoms with Crippen molar-refractivity contribution in [3.8, 4) is 0 Å². The molecule has 0 atom stereocenters. The summed E-state index contributed by atoms with van der Waals surface area (Å²) in [4.78, 5) is 27.1. The standard InChI is InChI=1S/C12H11ClN4O2/c13-9-3-1-2-7-6-17(5-4-8(7)9)11(18)10-14-12(19)16-15-10/h1-3H,4-6H2,(H2,14,15,16,19). The van der Waals surface area contributed by atoms with Crippen LogP contribution in [-0.2, 0) is 13.0 Å². The summed E-state index contributed by atoms with van der Waals surface area (Å²) >= 11 is 6.12. The summed E-state index contributed by atoms with van der Waals surface area (Å²) in [5, 5.41) is 6.58. The smallest absolute Gasteiger partial charge is 0.331 e. The molecule has 2 aromatic rings. The van der Waals surface area contributed by atoms with E-state index in [0.29, 0.717) is 19.5 Å². The van der Waals surface area contributed by atoms with Gasteiger partial charge in [0.1, 0.15) is 0 Å². The molecule has 0 fully saturated rings. The molecule has 3 rings (SSSR count). The van der Waals surface area contributed by atoms with Gasteiger partial charge >= 0.3 is 5.69 Å². The Hall–Kier alpha value is -2.08. The van der Waals surface area contributed by atoms with Crippen LogP contribution in [0, 0.1) is 0 Å². The first kappa shape index (κ1) is 12.0. The fourth-order valence-corrected chi connectivity index (χ4v) is 2.55. The molecule has 2 heterocycles. The summed E-state index contributed by atoms with van der Waals surface area (Å²) in [5.74, 6) is -0.251. The van der Waals surface area contributed by atoms with E-state index in [1.807, 2.05) is 18.2 Å². The highest BCUT2D eigenvalue weighted by Crippen LogP contribution is 2.26. The van der Waals surface area contributed by atoms with Gasteiger partial charge in [-0.3, -0.25) is 9.78 Å². The van der Waals surface area contributed by atoms with Crippen molar-refractivity contribution in [1.29, 1.82) is 0 Å². The number of nitrogens with one attached hydrogen (secondary N) is 2. The quantitative estimate of drug-likeness (QED) is 0.815. The normalized spacial score (nSPS) is 14.3. The van der Waals surface area contributed by atoms with E-state index in [0.717, 1.165) is 16.1 Å². The van der Waals surface area contributed by atoms with E-state index < -0.39 is 5.69 Å². The highest BCUT2D eigenvalue weighted by Gasteiger charge is 2.24. The minimum absolute atomic E-state index is 0.0375. The summed E-state index contributed by atoms with van der Waals surface area (Å²) < 4.78 is 0. The van der Waals surface area contributed by atoms with Crippen molar-refractivity contribution in [2.24, 2.45) is 0 Å². The van der Waals surface area contributed by atoms with Crippen molar-refractivity contribution in [3.05, 3.63) is 50.7 Å². The minimum Gasteiger partial charge on any atom is -0.331 e. The Balaban J connectivity index is 1.86. The van der Waals surface area contributed by atoms with E-state index in [4.69, 9.17) is 11.6 Å². The van der Waals surface area contributed by atoms with Crippen LogP contribution < -0.4 is 5.69 Å². The predicted molar refractivity (Wildman–Crippen MR) is 69.1 cm³/mol. The summed E-state index contributed by atoms with van der Waals surface area (Å²) in [5.41, 5.74) is 1.64. The molecule has 6 nitrogen and oxygen atoms in total. The van der Waals surface area contributed by atoms with Gasteiger partial charge in [-0.25, -0.2) is 9.89 Å². The van der Waals surface area contributed by atoms with Gasteiger partial charge in [0.15, 0.2) is 0 Å². The van der Waals surface area contributed by atoms with Crippen molar-refractivity contribution in [2.75, 3.05) is 6.54 Å². The first-order valence-electron chi connectivity index (χ1n) is 5.85. The monoisotopic (exact) mass is 278 g/mol. The van der Waals surface area contributed by atoms with Gasteiger partial charge < -0.3 is 4.90 Å². The zero-order valence-corrected chi connectivity index (χ0v) is 10.7. The number of aromatic nitrogens is 3. The van der Waals surface area contributed by atoms with E-state index in [9.17, 15) is 9.59 Å². The van der Waals surface area contributed by atoms with Crippen LogP contribution in [0.25, 0.3) is 0 Å². The highest BCUT2D eigenvalue weighted by atomic mass is 35.5.